The normalized spacial score (nSPS) is 11.3. The Balaban J connectivity index is 1.94. The number of hydrogen-bond acceptors (Lipinski definition) is 6. The Morgan fingerprint density at radius 3 is 2.68 bits per heavy atom. The fourth-order valence-electron chi connectivity index (χ4n) is 1.81. The van der Waals surface area contributed by atoms with E-state index >= 15 is 0 Å². The van der Waals surface area contributed by atoms with Gasteiger partial charge in [0, 0.05) is 19.2 Å². The molecule has 0 aliphatic heterocycles. The third kappa shape index (κ3) is 4.03. The number of rotatable bonds is 7. The molecule has 2 N–H and O–H groups in total. The van der Waals surface area contributed by atoms with Crippen LogP contribution in [0.25, 0.3) is 0 Å². The topological polar surface area (TPSA) is 101 Å². The molecule has 9 heteroatoms. The lowest BCUT2D eigenvalue weighted by atomic mass is 10.2. The van der Waals surface area contributed by atoms with Gasteiger partial charge >= 0.3 is 0 Å². The highest BCUT2D eigenvalue weighted by Crippen LogP contribution is 2.24. The second-order valence-corrected chi connectivity index (χ2v) is 7.48. The SMILES string of the molecule is Cc1ccc(NCCNS(=O)(=O)c2cccs2)c([N+](=O)[O-])c1. The molecule has 0 saturated carbocycles. The minimum Gasteiger partial charge on any atom is -0.378 e. The maximum Gasteiger partial charge on any atom is 0.292 e. The summed E-state index contributed by atoms with van der Waals surface area (Å²) in [4.78, 5) is 10.5. The predicted molar refractivity (Wildman–Crippen MR) is 85.8 cm³/mol. The van der Waals surface area contributed by atoms with Gasteiger partial charge in [-0.2, -0.15) is 0 Å². The van der Waals surface area contributed by atoms with Crippen molar-refractivity contribution in [1.29, 1.82) is 0 Å². The van der Waals surface area contributed by atoms with Crippen LogP contribution in [0.3, 0.4) is 0 Å². The van der Waals surface area contributed by atoms with E-state index in [0.717, 1.165) is 16.9 Å². The number of anilines is 1. The number of thiophene rings is 1. The van der Waals surface area contributed by atoms with Crippen molar-refractivity contribution in [2.24, 2.45) is 0 Å². The third-order valence-electron chi connectivity index (χ3n) is 2.84. The number of hydrogen-bond donors (Lipinski definition) is 2. The van der Waals surface area contributed by atoms with Crippen LogP contribution in [0.1, 0.15) is 5.56 Å². The largest absolute Gasteiger partial charge is 0.378 e. The van der Waals surface area contributed by atoms with E-state index < -0.39 is 14.9 Å². The van der Waals surface area contributed by atoms with Gasteiger partial charge in [0.1, 0.15) is 9.90 Å². The molecule has 0 aliphatic carbocycles. The zero-order valence-corrected chi connectivity index (χ0v) is 13.4. The average molecular weight is 341 g/mol. The Hall–Kier alpha value is -1.97. The zero-order valence-electron chi connectivity index (χ0n) is 11.8. The van der Waals surface area contributed by atoms with E-state index in [1.165, 1.54) is 12.1 Å². The molecule has 0 amide bonds. The molecular weight excluding hydrogens is 326 g/mol. The van der Waals surface area contributed by atoms with Crippen molar-refractivity contribution in [2.45, 2.75) is 11.1 Å². The Labute approximate surface area is 132 Å². The van der Waals surface area contributed by atoms with Gasteiger partial charge in [0.05, 0.1) is 4.92 Å². The van der Waals surface area contributed by atoms with Crippen LogP contribution < -0.4 is 10.0 Å². The van der Waals surface area contributed by atoms with Crippen molar-refractivity contribution in [3.05, 3.63) is 51.4 Å². The number of benzene rings is 1. The van der Waals surface area contributed by atoms with Crippen molar-refractivity contribution >= 4 is 32.7 Å². The molecule has 1 aromatic carbocycles. The van der Waals surface area contributed by atoms with Gasteiger partial charge in [-0.05, 0) is 30.0 Å². The molecule has 1 heterocycles. The smallest absolute Gasteiger partial charge is 0.292 e. The lowest BCUT2D eigenvalue weighted by molar-refractivity contribution is -0.384. The highest BCUT2D eigenvalue weighted by atomic mass is 32.2. The molecule has 118 valence electrons. The first-order valence-corrected chi connectivity index (χ1v) is 8.78. The predicted octanol–water partition coefficient (Wildman–Crippen LogP) is 2.36. The number of nitrogens with zero attached hydrogens (tertiary/aromatic N) is 1. The fraction of sp³-hybridized carbons (Fsp3) is 0.231. The first-order chi connectivity index (χ1) is 10.4. The average Bonchev–Trinajstić information content (AvgIpc) is 2.99. The summed E-state index contributed by atoms with van der Waals surface area (Å²) in [5.41, 5.74) is 1.13. The maximum absolute atomic E-state index is 11.9. The number of nitro groups is 1. The second-order valence-electron chi connectivity index (χ2n) is 4.53. The van der Waals surface area contributed by atoms with Gasteiger partial charge < -0.3 is 5.32 Å². The quantitative estimate of drug-likeness (QED) is 0.457. The third-order valence-corrected chi connectivity index (χ3v) is 5.70. The van der Waals surface area contributed by atoms with Crippen molar-refractivity contribution in [3.8, 4) is 0 Å². The summed E-state index contributed by atoms with van der Waals surface area (Å²) in [7, 11) is -3.51. The van der Waals surface area contributed by atoms with Gasteiger partial charge in [-0.15, -0.1) is 11.3 Å². The Bertz CT molecular complexity index is 758. The van der Waals surface area contributed by atoms with Crippen molar-refractivity contribution < 1.29 is 13.3 Å². The molecule has 0 atom stereocenters. The summed E-state index contributed by atoms with van der Waals surface area (Å²) in [5, 5.41) is 15.5. The molecule has 1 aromatic heterocycles. The van der Waals surface area contributed by atoms with Crippen molar-refractivity contribution in [2.75, 3.05) is 18.4 Å². The Kier molecular flexibility index (Phi) is 5.11. The van der Waals surface area contributed by atoms with E-state index in [1.54, 1.807) is 30.5 Å². The Morgan fingerprint density at radius 2 is 2.05 bits per heavy atom. The van der Waals surface area contributed by atoms with Crippen LogP contribution in [0.15, 0.2) is 39.9 Å². The zero-order chi connectivity index (χ0) is 16.2. The van der Waals surface area contributed by atoms with E-state index in [-0.39, 0.29) is 23.0 Å². The van der Waals surface area contributed by atoms with Crippen LogP contribution in [0, 0.1) is 17.0 Å². The van der Waals surface area contributed by atoms with Gasteiger partial charge in [-0.25, -0.2) is 13.1 Å². The summed E-state index contributed by atoms with van der Waals surface area (Å²) >= 11 is 1.13. The molecule has 0 aliphatic rings. The molecule has 0 fully saturated rings. The van der Waals surface area contributed by atoms with Crippen LogP contribution in [-0.2, 0) is 10.0 Å². The number of aryl methyl sites for hydroxylation is 1. The molecule has 2 aromatic rings. The monoisotopic (exact) mass is 341 g/mol. The van der Waals surface area contributed by atoms with Crippen molar-refractivity contribution in [3.63, 3.8) is 0 Å². The van der Waals surface area contributed by atoms with Crippen LogP contribution >= 0.6 is 11.3 Å². The summed E-state index contributed by atoms with van der Waals surface area (Å²) in [6.07, 6.45) is 0. The lowest BCUT2D eigenvalue weighted by Crippen LogP contribution is -2.28. The highest BCUT2D eigenvalue weighted by Gasteiger charge is 2.15. The lowest BCUT2D eigenvalue weighted by Gasteiger charge is -2.08. The van der Waals surface area contributed by atoms with E-state index in [1.807, 2.05) is 0 Å². The van der Waals surface area contributed by atoms with Gasteiger partial charge in [0.2, 0.25) is 10.0 Å². The minimum atomic E-state index is -3.51. The summed E-state index contributed by atoms with van der Waals surface area (Å²) in [6, 6.07) is 8.02. The first kappa shape index (κ1) is 16.4. The van der Waals surface area contributed by atoms with E-state index in [0.29, 0.717) is 5.69 Å². The minimum absolute atomic E-state index is 0.0267. The van der Waals surface area contributed by atoms with Crippen LogP contribution in [0.5, 0.6) is 0 Å². The van der Waals surface area contributed by atoms with Crippen molar-refractivity contribution in [1.82, 2.24) is 4.72 Å². The van der Waals surface area contributed by atoms with Gasteiger partial charge in [-0.1, -0.05) is 12.1 Å². The summed E-state index contributed by atoms with van der Waals surface area (Å²) < 4.78 is 26.5. The van der Waals surface area contributed by atoms with Gasteiger partial charge in [-0.3, -0.25) is 10.1 Å². The molecule has 0 radical (unpaired) electrons. The fourth-order valence-corrected chi connectivity index (χ4v) is 3.88. The summed E-state index contributed by atoms with van der Waals surface area (Å²) in [5.74, 6) is 0. The maximum atomic E-state index is 11.9. The van der Waals surface area contributed by atoms with E-state index in [4.69, 9.17) is 0 Å². The van der Waals surface area contributed by atoms with Crippen LogP contribution in [0.4, 0.5) is 11.4 Å². The molecular formula is C13H15N3O4S2. The van der Waals surface area contributed by atoms with Crippen LogP contribution in [-0.4, -0.2) is 26.4 Å². The molecule has 0 unspecified atom stereocenters. The number of nitrogens with one attached hydrogen (secondary N) is 2. The molecule has 0 bridgehead atoms. The number of sulfonamides is 1. The molecule has 22 heavy (non-hydrogen) atoms. The standard InChI is InChI=1S/C13H15N3O4S2/c1-10-4-5-11(12(9-10)16(17)18)14-6-7-15-22(19,20)13-3-2-8-21-13/h2-5,8-9,14-15H,6-7H2,1H3. The number of nitro benzene ring substituents is 1. The molecule has 0 saturated heterocycles. The summed E-state index contributed by atoms with van der Waals surface area (Å²) in [6.45, 7) is 2.14. The van der Waals surface area contributed by atoms with Gasteiger partial charge in [0.25, 0.3) is 5.69 Å². The first-order valence-electron chi connectivity index (χ1n) is 6.42. The highest BCUT2D eigenvalue weighted by molar-refractivity contribution is 7.91. The van der Waals surface area contributed by atoms with Gasteiger partial charge in [0.15, 0.2) is 0 Å². The Morgan fingerprint density at radius 1 is 1.27 bits per heavy atom. The van der Waals surface area contributed by atoms with E-state index in [2.05, 4.69) is 10.0 Å². The second kappa shape index (κ2) is 6.86. The molecule has 0 spiro atoms. The van der Waals surface area contributed by atoms with Crippen LogP contribution in [0.2, 0.25) is 0 Å². The van der Waals surface area contributed by atoms with E-state index in [9.17, 15) is 18.5 Å². The molecule has 2 rings (SSSR count). The molecule has 7 nitrogen and oxygen atoms in total.